The Labute approximate surface area is 165 Å². The van der Waals surface area contributed by atoms with Gasteiger partial charge in [0, 0.05) is 10.9 Å². The fraction of sp³-hybridized carbons (Fsp3) is 0.500. The van der Waals surface area contributed by atoms with E-state index in [9.17, 15) is 4.39 Å². The monoisotopic (exact) mass is 388 g/mol. The van der Waals surface area contributed by atoms with Crippen molar-refractivity contribution in [3.63, 3.8) is 0 Å². The van der Waals surface area contributed by atoms with Crippen LogP contribution >= 0.6 is 11.3 Å². The van der Waals surface area contributed by atoms with E-state index in [4.69, 9.17) is 4.74 Å². The summed E-state index contributed by atoms with van der Waals surface area (Å²) in [5.41, 5.74) is 1.88. The summed E-state index contributed by atoms with van der Waals surface area (Å²) in [7, 11) is 0. The van der Waals surface area contributed by atoms with Crippen molar-refractivity contribution in [2.45, 2.75) is 45.1 Å². The minimum atomic E-state index is -0.224. The fourth-order valence-corrected chi connectivity index (χ4v) is 4.14. The number of nitrogens with one attached hydrogen (secondary N) is 1. The van der Waals surface area contributed by atoms with Crippen LogP contribution < -0.4 is 5.32 Å². The van der Waals surface area contributed by atoms with E-state index in [-0.39, 0.29) is 5.82 Å². The summed E-state index contributed by atoms with van der Waals surface area (Å²) < 4.78 is 18.7. The predicted molar refractivity (Wildman–Crippen MR) is 110 cm³/mol. The molecule has 2 aromatic rings. The molecule has 0 saturated carbocycles. The molecule has 1 aromatic carbocycles. The van der Waals surface area contributed by atoms with Crippen molar-refractivity contribution in [2.24, 2.45) is 5.92 Å². The maximum atomic E-state index is 13.0. The van der Waals surface area contributed by atoms with Gasteiger partial charge in [0.2, 0.25) is 0 Å². The van der Waals surface area contributed by atoms with E-state index in [1.807, 2.05) is 5.38 Å². The number of hydrogen-bond donors (Lipinski definition) is 1. The molecule has 0 radical (unpaired) electrons. The highest BCUT2D eigenvalue weighted by molar-refractivity contribution is 7.13. The third-order valence-corrected chi connectivity index (χ3v) is 5.82. The highest BCUT2D eigenvalue weighted by Crippen LogP contribution is 2.24. The Morgan fingerprint density at radius 1 is 1.19 bits per heavy atom. The number of hydrogen-bond acceptors (Lipinski definition) is 4. The topological polar surface area (TPSA) is 34.1 Å². The molecule has 1 saturated heterocycles. The quantitative estimate of drug-likeness (QED) is 0.450. The highest BCUT2D eigenvalue weighted by atomic mass is 32.1. The van der Waals surface area contributed by atoms with Crippen LogP contribution in [0.3, 0.4) is 0 Å². The van der Waals surface area contributed by atoms with Gasteiger partial charge in [0.05, 0.1) is 18.9 Å². The number of halogens is 1. The molecule has 1 N–H and O–H groups in total. The molecule has 1 unspecified atom stereocenters. The average Bonchev–Trinajstić information content (AvgIpc) is 3.00. The van der Waals surface area contributed by atoms with Gasteiger partial charge >= 0.3 is 0 Å². The minimum absolute atomic E-state index is 0.224. The van der Waals surface area contributed by atoms with Crippen LogP contribution in [0, 0.1) is 11.7 Å². The van der Waals surface area contributed by atoms with Gasteiger partial charge in [0.15, 0.2) is 0 Å². The van der Waals surface area contributed by atoms with Crippen molar-refractivity contribution in [3.05, 3.63) is 53.3 Å². The van der Waals surface area contributed by atoms with Gasteiger partial charge in [0.25, 0.3) is 0 Å². The zero-order chi connectivity index (χ0) is 18.7. The Kier molecular flexibility index (Phi) is 8.46. The molecule has 3 rings (SSSR count). The second-order valence-electron chi connectivity index (χ2n) is 7.11. The lowest BCUT2D eigenvalue weighted by atomic mass is 9.98. The number of rotatable bonds is 9. The smallest absolute Gasteiger partial charge is 0.123 e. The molecule has 27 heavy (non-hydrogen) atoms. The van der Waals surface area contributed by atoms with E-state index in [0.717, 1.165) is 28.6 Å². The zero-order valence-electron chi connectivity index (χ0n) is 15.8. The van der Waals surface area contributed by atoms with Crippen LogP contribution in [0.5, 0.6) is 0 Å². The van der Waals surface area contributed by atoms with Gasteiger partial charge in [-0.1, -0.05) is 18.6 Å². The van der Waals surface area contributed by atoms with Crippen molar-refractivity contribution in [2.75, 3.05) is 19.7 Å². The first-order valence-corrected chi connectivity index (χ1v) is 10.8. The van der Waals surface area contributed by atoms with Crippen LogP contribution in [0.4, 0.5) is 4.39 Å². The van der Waals surface area contributed by atoms with Crippen molar-refractivity contribution >= 4 is 11.3 Å². The third-order valence-electron chi connectivity index (χ3n) is 4.88. The van der Waals surface area contributed by atoms with Crippen LogP contribution in [-0.2, 0) is 11.3 Å². The summed E-state index contributed by atoms with van der Waals surface area (Å²) >= 11 is 1.57. The highest BCUT2D eigenvalue weighted by Gasteiger charge is 2.10. The van der Waals surface area contributed by atoms with Gasteiger partial charge in [-0.15, -0.1) is 11.3 Å². The lowest BCUT2D eigenvalue weighted by Gasteiger charge is -2.12. The summed E-state index contributed by atoms with van der Waals surface area (Å²) in [4.78, 5) is 4.56. The summed E-state index contributed by atoms with van der Waals surface area (Å²) in [6, 6.07) is 6.45. The van der Waals surface area contributed by atoms with Crippen molar-refractivity contribution in [1.82, 2.24) is 10.3 Å². The SMILES string of the molecule is Fc1ccc(-c2nc(COCC/C=C/CCC3CCCCNC3)cs2)cc1. The van der Waals surface area contributed by atoms with Gasteiger partial charge in [-0.25, -0.2) is 9.37 Å². The van der Waals surface area contributed by atoms with E-state index >= 15 is 0 Å². The standard InChI is InChI=1S/C22H29FN2OS/c23-20-11-9-19(10-12-20)22-25-21(17-27-22)16-26-14-6-2-1-3-7-18-8-4-5-13-24-15-18/h1-2,9-12,17-18,24H,3-8,13-16H2/b2-1+. The molecule has 0 aliphatic carbocycles. The second kappa shape index (κ2) is 11.3. The van der Waals surface area contributed by atoms with Gasteiger partial charge in [-0.3, -0.25) is 0 Å². The van der Waals surface area contributed by atoms with Crippen LogP contribution in [0.25, 0.3) is 10.6 Å². The Morgan fingerprint density at radius 2 is 2.04 bits per heavy atom. The Balaban J connectivity index is 1.28. The van der Waals surface area contributed by atoms with Crippen LogP contribution in [0.15, 0.2) is 41.8 Å². The van der Waals surface area contributed by atoms with Gasteiger partial charge < -0.3 is 10.1 Å². The van der Waals surface area contributed by atoms with Gasteiger partial charge in [-0.05, 0) is 75.4 Å². The minimum Gasteiger partial charge on any atom is -0.375 e. The molecule has 1 aromatic heterocycles. The first kappa shape index (κ1) is 20.2. The summed E-state index contributed by atoms with van der Waals surface area (Å²) in [6.07, 6.45) is 12.0. The van der Waals surface area contributed by atoms with E-state index in [1.54, 1.807) is 23.5 Å². The first-order valence-electron chi connectivity index (χ1n) is 9.95. The number of aromatic nitrogens is 1. The number of allylic oxidation sites excluding steroid dienone is 1. The Bertz CT molecular complexity index is 691. The summed E-state index contributed by atoms with van der Waals surface area (Å²) in [5.74, 6) is 0.617. The molecule has 3 nitrogen and oxygen atoms in total. The predicted octanol–water partition coefficient (Wildman–Crippen LogP) is 5.58. The van der Waals surface area contributed by atoms with Crippen LogP contribution in [-0.4, -0.2) is 24.7 Å². The largest absolute Gasteiger partial charge is 0.375 e. The molecule has 1 fully saturated rings. The summed E-state index contributed by atoms with van der Waals surface area (Å²) in [6.45, 7) is 3.61. The molecule has 1 aliphatic heterocycles. The molecule has 146 valence electrons. The Morgan fingerprint density at radius 3 is 2.93 bits per heavy atom. The van der Waals surface area contributed by atoms with Crippen molar-refractivity contribution < 1.29 is 9.13 Å². The van der Waals surface area contributed by atoms with E-state index in [2.05, 4.69) is 22.5 Å². The molecule has 5 heteroatoms. The lowest BCUT2D eigenvalue weighted by Crippen LogP contribution is -2.20. The second-order valence-corrected chi connectivity index (χ2v) is 7.96. The first-order chi connectivity index (χ1) is 13.3. The third kappa shape index (κ3) is 7.17. The zero-order valence-corrected chi connectivity index (χ0v) is 16.6. The van der Waals surface area contributed by atoms with E-state index in [1.165, 1.54) is 57.3 Å². The molecule has 0 spiro atoms. The van der Waals surface area contributed by atoms with E-state index in [0.29, 0.717) is 13.2 Å². The van der Waals surface area contributed by atoms with E-state index < -0.39 is 0 Å². The van der Waals surface area contributed by atoms with Crippen molar-refractivity contribution in [3.8, 4) is 10.6 Å². The molecule has 0 bridgehead atoms. The number of benzene rings is 1. The van der Waals surface area contributed by atoms with Crippen LogP contribution in [0.2, 0.25) is 0 Å². The molecule has 2 heterocycles. The maximum Gasteiger partial charge on any atom is 0.123 e. The maximum absolute atomic E-state index is 13.0. The fourth-order valence-electron chi connectivity index (χ4n) is 3.33. The normalized spacial score (nSPS) is 18.0. The number of ether oxygens (including phenoxy) is 1. The van der Waals surface area contributed by atoms with Gasteiger partial charge in [-0.2, -0.15) is 0 Å². The molecular weight excluding hydrogens is 359 g/mol. The van der Waals surface area contributed by atoms with Crippen molar-refractivity contribution in [1.29, 1.82) is 0 Å². The van der Waals surface area contributed by atoms with Gasteiger partial charge in [0.1, 0.15) is 10.8 Å². The Hall–Kier alpha value is -1.56. The number of thiazole rings is 1. The molecule has 0 amide bonds. The summed E-state index contributed by atoms with van der Waals surface area (Å²) in [5, 5.41) is 6.44. The number of nitrogens with zero attached hydrogens (tertiary/aromatic N) is 1. The average molecular weight is 389 g/mol. The van der Waals surface area contributed by atoms with Crippen LogP contribution in [0.1, 0.15) is 44.2 Å². The molecule has 1 atom stereocenters. The lowest BCUT2D eigenvalue weighted by molar-refractivity contribution is 0.123. The molecule has 1 aliphatic rings. The molecular formula is C22H29FN2OS.